The third kappa shape index (κ3) is 7.50. The summed E-state index contributed by atoms with van der Waals surface area (Å²) in [5.41, 5.74) is 1.14. The number of guanidine groups is 1. The lowest BCUT2D eigenvalue weighted by atomic mass is 10.2. The van der Waals surface area contributed by atoms with Gasteiger partial charge in [-0.3, -0.25) is 4.99 Å². The van der Waals surface area contributed by atoms with Gasteiger partial charge in [-0.05, 0) is 44.8 Å². The maximum Gasteiger partial charge on any atom is 0.191 e. The molecule has 1 aromatic rings. The fourth-order valence-electron chi connectivity index (χ4n) is 2.36. The molecular weight excluding hydrogens is 427 g/mol. The van der Waals surface area contributed by atoms with Gasteiger partial charge >= 0.3 is 0 Å². The Labute approximate surface area is 159 Å². The maximum atomic E-state index is 4.49. The van der Waals surface area contributed by atoms with Gasteiger partial charge in [0, 0.05) is 36.5 Å². The zero-order valence-electron chi connectivity index (χ0n) is 13.4. The summed E-state index contributed by atoms with van der Waals surface area (Å²) < 4.78 is 0. The molecule has 22 heavy (non-hydrogen) atoms. The summed E-state index contributed by atoms with van der Waals surface area (Å²) in [6.07, 6.45) is 6.11. The van der Waals surface area contributed by atoms with Gasteiger partial charge in [0.2, 0.25) is 0 Å². The number of thiazole rings is 1. The Balaban J connectivity index is 0.00000242. The van der Waals surface area contributed by atoms with Crippen LogP contribution in [0, 0.1) is 6.92 Å². The first-order chi connectivity index (χ1) is 10.3. The molecule has 1 aromatic heterocycles. The summed E-state index contributed by atoms with van der Waals surface area (Å²) in [5.74, 6) is 2.25. The van der Waals surface area contributed by atoms with Crippen LogP contribution in [0.5, 0.6) is 0 Å². The zero-order chi connectivity index (χ0) is 14.9. The molecule has 0 radical (unpaired) electrons. The number of hydrogen-bond acceptors (Lipinski definition) is 4. The normalized spacial score (nSPS) is 18.1. The molecule has 1 aliphatic heterocycles. The summed E-state index contributed by atoms with van der Waals surface area (Å²) in [6.45, 7) is 4.06. The highest BCUT2D eigenvalue weighted by Gasteiger charge is 2.15. The van der Waals surface area contributed by atoms with Crippen molar-refractivity contribution in [3.8, 4) is 0 Å². The second kappa shape index (κ2) is 11.5. The van der Waals surface area contributed by atoms with E-state index in [9.17, 15) is 0 Å². The van der Waals surface area contributed by atoms with E-state index in [-0.39, 0.29) is 24.0 Å². The predicted molar refractivity (Wildman–Crippen MR) is 110 cm³/mol. The Bertz CT molecular complexity index is 445. The standard InChI is InChI=1S/C15H26N4S2.HI/c1-12-11-21-14(19-12)7-3-4-8-17-15(16-2)18-10-13-6-5-9-20-13;/h11,13H,3-10H2,1-2H3,(H2,16,17,18);1H. The van der Waals surface area contributed by atoms with E-state index in [1.54, 1.807) is 11.3 Å². The molecule has 1 atom stereocenters. The first kappa shape index (κ1) is 20.0. The van der Waals surface area contributed by atoms with Crippen LogP contribution in [0.3, 0.4) is 0 Å². The van der Waals surface area contributed by atoms with E-state index >= 15 is 0 Å². The van der Waals surface area contributed by atoms with Crippen LogP contribution < -0.4 is 10.6 Å². The summed E-state index contributed by atoms with van der Waals surface area (Å²) in [6, 6.07) is 0. The SMILES string of the molecule is CN=C(NCCCCc1nc(C)cs1)NCC1CCCS1.I. The molecule has 1 saturated heterocycles. The van der Waals surface area contributed by atoms with Gasteiger partial charge in [-0.2, -0.15) is 11.8 Å². The van der Waals surface area contributed by atoms with Gasteiger partial charge in [0.25, 0.3) is 0 Å². The van der Waals surface area contributed by atoms with Crippen molar-refractivity contribution in [3.05, 3.63) is 16.1 Å². The second-order valence-corrected chi connectivity index (χ2v) is 7.71. The number of unbranched alkanes of at least 4 members (excludes halogenated alkanes) is 1. The van der Waals surface area contributed by atoms with Gasteiger partial charge in [-0.25, -0.2) is 4.98 Å². The first-order valence-corrected chi connectivity index (χ1v) is 9.68. The summed E-state index contributed by atoms with van der Waals surface area (Å²) in [7, 11) is 1.84. The van der Waals surface area contributed by atoms with Crippen LogP contribution in [0.2, 0.25) is 0 Å². The largest absolute Gasteiger partial charge is 0.356 e. The molecule has 0 saturated carbocycles. The quantitative estimate of drug-likeness (QED) is 0.287. The third-order valence-corrected chi connectivity index (χ3v) is 5.95. The number of nitrogens with zero attached hydrogens (tertiary/aromatic N) is 2. The van der Waals surface area contributed by atoms with E-state index in [2.05, 4.69) is 44.7 Å². The summed E-state index contributed by atoms with van der Waals surface area (Å²) in [4.78, 5) is 8.78. The number of aromatic nitrogens is 1. The fourth-order valence-corrected chi connectivity index (χ4v) is 4.38. The first-order valence-electron chi connectivity index (χ1n) is 7.75. The molecule has 0 aliphatic carbocycles. The third-order valence-electron chi connectivity index (χ3n) is 3.52. The van der Waals surface area contributed by atoms with Gasteiger partial charge in [0.1, 0.15) is 0 Å². The van der Waals surface area contributed by atoms with Crippen molar-refractivity contribution in [3.63, 3.8) is 0 Å². The summed E-state index contributed by atoms with van der Waals surface area (Å²) >= 11 is 3.85. The average molecular weight is 454 g/mol. The predicted octanol–water partition coefficient (Wildman–Crippen LogP) is 3.45. The number of rotatable bonds is 7. The minimum absolute atomic E-state index is 0. The minimum atomic E-state index is 0. The van der Waals surface area contributed by atoms with Gasteiger partial charge < -0.3 is 10.6 Å². The Morgan fingerprint density at radius 1 is 1.41 bits per heavy atom. The molecule has 7 heteroatoms. The number of aryl methyl sites for hydroxylation is 2. The van der Waals surface area contributed by atoms with Crippen molar-refractivity contribution >= 4 is 53.0 Å². The molecule has 2 rings (SSSR count). The Morgan fingerprint density at radius 2 is 2.27 bits per heavy atom. The minimum Gasteiger partial charge on any atom is -0.356 e. The molecule has 1 unspecified atom stereocenters. The van der Waals surface area contributed by atoms with Gasteiger partial charge in [-0.15, -0.1) is 35.3 Å². The van der Waals surface area contributed by atoms with E-state index in [0.29, 0.717) is 0 Å². The number of hydrogen-bond donors (Lipinski definition) is 2. The summed E-state index contributed by atoms with van der Waals surface area (Å²) in [5, 5.41) is 11.0. The van der Waals surface area contributed by atoms with Crippen molar-refractivity contribution in [1.29, 1.82) is 0 Å². The van der Waals surface area contributed by atoms with Gasteiger partial charge in [0.15, 0.2) is 5.96 Å². The van der Waals surface area contributed by atoms with Crippen molar-refractivity contribution in [2.24, 2.45) is 4.99 Å². The lowest BCUT2D eigenvalue weighted by Gasteiger charge is -2.14. The smallest absolute Gasteiger partial charge is 0.191 e. The van der Waals surface area contributed by atoms with Gasteiger partial charge in [0.05, 0.1) is 5.01 Å². The molecule has 0 bridgehead atoms. The van der Waals surface area contributed by atoms with Crippen molar-refractivity contribution < 1.29 is 0 Å². The number of aliphatic imine (C=N–C) groups is 1. The highest BCUT2D eigenvalue weighted by Crippen LogP contribution is 2.25. The van der Waals surface area contributed by atoms with Crippen LogP contribution in [0.1, 0.15) is 36.4 Å². The molecule has 4 nitrogen and oxygen atoms in total. The molecule has 2 N–H and O–H groups in total. The lowest BCUT2D eigenvalue weighted by Crippen LogP contribution is -2.40. The number of thioether (sulfide) groups is 1. The maximum absolute atomic E-state index is 4.49. The number of halogens is 1. The van der Waals surface area contributed by atoms with Crippen molar-refractivity contribution in [2.75, 3.05) is 25.9 Å². The molecule has 0 aromatic carbocycles. The Morgan fingerprint density at radius 3 is 2.91 bits per heavy atom. The molecule has 0 amide bonds. The number of nitrogens with one attached hydrogen (secondary N) is 2. The molecule has 126 valence electrons. The van der Waals surface area contributed by atoms with Crippen LogP contribution >= 0.6 is 47.1 Å². The molecule has 1 fully saturated rings. The highest BCUT2D eigenvalue weighted by atomic mass is 127. The van der Waals surface area contributed by atoms with E-state index in [4.69, 9.17) is 0 Å². The van der Waals surface area contributed by atoms with Crippen LogP contribution in [0.25, 0.3) is 0 Å². The zero-order valence-corrected chi connectivity index (χ0v) is 17.4. The van der Waals surface area contributed by atoms with E-state index < -0.39 is 0 Å². The second-order valence-electron chi connectivity index (χ2n) is 5.35. The van der Waals surface area contributed by atoms with Crippen LogP contribution in [0.15, 0.2) is 10.4 Å². The lowest BCUT2D eigenvalue weighted by molar-refractivity contribution is 0.682. The Kier molecular flexibility index (Phi) is 10.5. The van der Waals surface area contributed by atoms with Gasteiger partial charge in [-0.1, -0.05) is 0 Å². The van der Waals surface area contributed by atoms with Crippen molar-refractivity contribution in [2.45, 2.75) is 44.3 Å². The monoisotopic (exact) mass is 454 g/mol. The Hall–Kier alpha value is -0.0200. The van der Waals surface area contributed by atoms with Crippen LogP contribution in [-0.4, -0.2) is 42.1 Å². The van der Waals surface area contributed by atoms with Crippen LogP contribution in [0.4, 0.5) is 0 Å². The average Bonchev–Trinajstić information content (AvgIpc) is 3.13. The highest BCUT2D eigenvalue weighted by molar-refractivity contribution is 14.0. The van der Waals surface area contributed by atoms with Crippen LogP contribution in [-0.2, 0) is 6.42 Å². The van der Waals surface area contributed by atoms with E-state index in [0.717, 1.165) is 42.8 Å². The molecule has 2 heterocycles. The topological polar surface area (TPSA) is 49.3 Å². The van der Waals surface area contributed by atoms with Crippen molar-refractivity contribution in [1.82, 2.24) is 15.6 Å². The van der Waals surface area contributed by atoms with E-state index in [1.807, 2.05) is 7.05 Å². The molecule has 0 spiro atoms. The molecule has 1 aliphatic rings. The molecular formula is C15H27IN4S2. The fraction of sp³-hybridized carbons (Fsp3) is 0.733. The van der Waals surface area contributed by atoms with E-state index in [1.165, 1.54) is 30.0 Å².